The number of hydrogen-bond donors (Lipinski definition) is 0. The van der Waals surface area contributed by atoms with Gasteiger partial charge in [0.05, 0.1) is 5.60 Å². The van der Waals surface area contributed by atoms with E-state index in [0.29, 0.717) is 5.78 Å². The fourth-order valence-electron chi connectivity index (χ4n) is 3.79. The molecule has 1 aliphatic carbocycles. The normalized spacial score (nSPS) is 24.9. The van der Waals surface area contributed by atoms with E-state index in [2.05, 4.69) is 11.9 Å². The van der Waals surface area contributed by atoms with Crippen molar-refractivity contribution in [3.63, 3.8) is 0 Å². The van der Waals surface area contributed by atoms with Gasteiger partial charge in [0.1, 0.15) is 0 Å². The molecule has 1 aromatic heterocycles. The molecule has 1 aromatic rings. The number of carbonyl (C=O) groups excluding carboxylic acids is 1. The van der Waals surface area contributed by atoms with Crippen LogP contribution in [0.3, 0.4) is 0 Å². The summed E-state index contributed by atoms with van der Waals surface area (Å²) in [6.45, 7) is 2.82. The van der Waals surface area contributed by atoms with Crippen molar-refractivity contribution >= 4 is 5.78 Å². The summed E-state index contributed by atoms with van der Waals surface area (Å²) in [7, 11) is 0. The van der Waals surface area contributed by atoms with Crippen LogP contribution in [0.15, 0.2) is 18.5 Å². The Bertz CT molecular complexity index is 492. The van der Waals surface area contributed by atoms with Crippen LogP contribution in [0.1, 0.15) is 61.4 Å². The average molecular weight is 273 g/mol. The van der Waals surface area contributed by atoms with E-state index in [4.69, 9.17) is 4.74 Å². The summed E-state index contributed by atoms with van der Waals surface area (Å²) in [6.07, 6.45) is 11.0. The van der Waals surface area contributed by atoms with Crippen LogP contribution >= 0.6 is 0 Å². The third kappa shape index (κ3) is 2.51. The van der Waals surface area contributed by atoms with Crippen LogP contribution in [0.4, 0.5) is 0 Å². The van der Waals surface area contributed by atoms with Gasteiger partial charge >= 0.3 is 0 Å². The average Bonchev–Trinajstić information content (AvgIpc) is 2.94. The molecule has 108 valence electrons. The second-order valence-corrected chi connectivity index (χ2v) is 6.18. The molecular weight excluding hydrogens is 250 g/mol. The Labute approximate surface area is 120 Å². The van der Waals surface area contributed by atoms with Crippen molar-refractivity contribution in [2.45, 2.75) is 57.5 Å². The van der Waals surface area contributed by atoms with Gasteiger partial charge in [-0.1, -0.05) is 19.8 Å². The van der Waals surface area contributed by atoms with E-state index in [1.807, 2.05) is 12.3 Å². The highest BCUT2D eigenvalue weighted by Gasteiger charge is 2.42. The largest absolute Gasteiger partial charge is 0.375 e. The Morgan fingerprint density at radius 1 is 1.45 bits per heavy atom. The standard InChI is InChI=1S/C17H23NO2/c1-2-13-12-18-9-5-15(13)16(19)14-6-10-20-17(11-14)7-3-4-8-17/h5,9,12,14H,2-4,6-8,10-11H2,1H3. The summed E-state index contributed by atoms with van der Waals surface area (Å²) < 4.78 is 6.03. The number of ketones is 1. The van der Waals surface area contributed by atoms with Crippen LogP contribution in [0.5, 0.6) is 0 Å². The van der Waals surface area contributed by atoms with E-state index < -0.39 is 0 Å². The van der Waals surface area contributed by atoms with Gasteiger partial charge in [0.25, 0.3) is 0 Å². The molecule has 2 fully saturated rings. The minimum atomic E-state index is 0.0119. The maximum absolute atomic E-state index is 12.8. The summed E-state index contributed by atoms with van der Waals surface area (Å²) >= 11 is 0. The van der Waals surface area contributed by atoms with Crippen molar-refractivity contribution in [2.75, 3.05) is 6.61 Å². The number of ether oxygens (including phenoxy) is 1. The minimum Gasteiger partial charge on any atom is -0.375 e. The number of Topliss-reactive ketones (excluding diaryl/α,β-unsaturated/α-hetero) is 1. The van der Waals surface area contributed by atoms with Gasteiger partial charge in [-0.3, -0.25) is 9.78 Å². The Hall–Kier alpha value is -1.22. The molecule has 1 unspecified atom stereocenters. The third-order valence-electron chi connectivity index (χ3n) is 4.93. The first-order valence-electron chi connectivity index (χ1n) is 7.85. The summed E-state index contributed by atoms with van der Waals surface area (Å²) in [5, 5.41) is 0. The molecule has 0 radical (unpaired) electrons. The molecule has 0 amide bonds. The smallest absolute Gasteiger partial charge is 0.166 e. The lowest BCUT2D eigenvalue weighted by atomic mass is 9.80. The summed E-state index contributed by atoms with van der Waals surface area (Å²) in [6, 6.07) is 1.89. The van der Waals surface area contributed by atoms with E-state index in [1.165, 1.54) is 12.8 Å². The topological polar surface area (TPSA) is 39.2 Å². The lowest BCUT2D eigenvalue weighted by Crippen LogP contribution is -2.40. The molecule has 1 atom stereocenters. The van der Waals surface area contributed by atoms with Crippen molar-refractivity contribution in [1.82, 2.24) is 4.98 Å². The number of pyridine rings is 1. The van der Waals surface area contributed by atoms with E-state index >= 15 is 0 Å². The number of nitrogens with zero attached hydrogens (tertiary/aromatic N) is 1. The number of aryl methyl sites for hydroxylation is 1. The third-order valence-corrected chi connectivity index (χ3v) is 4.93. The van der Waals surface area contributed by atoms with E-state index in [9.17, 15) is 4.79 Å². The Morgan fingerprint density at radius 2 is 2.25 bits per heavy atom. The molecule has 0 aromatic carbocycles. The highest BCUT2D eigenvalue weighted by molar-refractivity contribution is 5.99. The second-order valence-electron chi connectivity index (χ2n) is 6.18. The zero-order valence-electron chi connectivity index (χ0n) is 12.2. The molecule has 0 bridgehead atoms. The maximum Gasteiger partial charge on any atom is 0.166 e. The molecule has 1 aliphatic heterocycles. The molecule has 3 rings (SSSR count). The predicted octanol–water partition coefficient (Wildman–Crippen LogP) is 3.57. The quantitative estimate of drug-likeness (QED) is 0.790. The number of rotatable bonds is 3. The van der Waals surface area contributed by atoms with Crippen LogP contribution < -0.4 is 0 Å². The van der Waals surface area contributed by atoms with Gasteiger partial charge in [-0.25, -0.2) is 0 Å². The van der Waals surface area contributed by atoms with Crippen LogP contribution in [0.25, 0.3) is 0 Å². The van der Waals surface area contributed by atoms with Crippen molar-refractivity contribution < 1.29 is 9.53 Å². The minimum absolute atomic E-state index is 0.0119. The lowest BCUT2D eigenvalue weighted by Gasteiger charge is -2.37. The molecule has 2 aliphatic rings. The Balaban J connectivity index is 1.79. The number of aromatic nitrogens is 1. The van der Waals surface area contributed by atoms with Crippen LogP contribution in [-0.2, 0) is 11.2 Å². The molecule has 0 N–H and O–H groups in total. The molecule has 2 heterocycles. The fraction of sp³-hybridized carbons (Fsp3) is 0.647. The Kier molecular flexibility index (Phi) is 3.88. The highest BCUT2D eigenvalue weighted by Crippen LogP contribution is 2.42. The molecule has 1 spiro atoms. The van der Waals surface area contributed by atoms with Gasteiger partial charge in [0.15, 0.2) is 5.78 Å². The SMILES string of the molecule is CCc1cnccc1C(=O)C1CCOC2(CCCC2)C1. The molecule has 20 heavy (non-hydrogen) atoms. The first kappa shape index (κ1) is 13.7. The summed E-state index contributed by atoms with van der Waals surface area (Å²) in [4.78, 5) is 17.0. The molecule has 1 saturated carbocycles. The van der Waals surface area contributed by atoms with Crippen LogP contribution in [-0.4, -0.2) is 23.0 Å². The van der Waals surface area contributed by atoms with E-state index in [1.54, 1.807) is 6.20 Å². The van der Waals surface area contributed by atoms with Crippen molar-refractivity contribution in [2.24, 2.45) is 5.92 Å². The van der Waals surface area contributed by atoms with Gasteiger partial charge in [0.2, 0.25) is 0 Å². The number of hydrogen-bond acceptors (Lipinski definition) is 3. The summed E-state index contributed by atoms with van der Waals surface area (Å²) in [5.74, 6) is 0.438. The first-order chi connectivity index (χ1) is 9.74. The van der Waals surface area contributed by atoms with Gasteiger partial charge in [-0.05, 0) is 43.7 Å². The van der Waals surface area contributed by atoms with Gasteiger partial charge in [-0.15, -0.1) is 0 Å². The van der Waals surface area contributed by atoms with Crippen molar-refractivity contribution in [1.29, 1.82) is 0 Å². The monoisotopic (exact) mass is 273 g/mol. The lowest BCUT2D eigenvalue weighted by molar-refractivity contribution is -0.0866. The molecular formula is C17H23NO2. The number of carbonyl (C=O) groups is 1. The zero-order chi connectivity index (χ0) is 14.0. The van der Waals surface area contributed by atoms with Gasteiger partial charge in [-0.2, -0.15) is 0 Å². The molecule has 3 nitrogen and oxygen atoms in total. The van der Waals surface area contributed by atoms with E-state index in [0.717, 1.165) is 49.8 Å². The first-order valence-corrected chi connectivity index (χ1v) is 7.85. The zero-order valence-corrected chi connectivity index (χ0v) is 12.2. The van der Waals surface area contributed by atoms with Gasteiger partial charge < -0.3 is 4.74 Å². The summed E-state index contributed by atoms with van der Waals surface area (Å²) in [5.41, 5.74) is 1.96. The van der Waals surface area contributed by atoms with Gasteiger partial charge in [0, 0.05) is 30.5 Å². The highest BCUT2D eigenvalue weighted by atomic mass is 16.5. The fourth-order valence-corrected chi connectivity index (χ4v) is 3.79. The van der Waals surface area contributed by atoms with Crippen LogP contribution in [0.2, 0.25) is 0 Å². The van der Waals surface area contributed by atoms with Crippen molar-refractivity contribution in [3.8, 4) is 0 Å². The second kappa shape index (κ2) is 5.65. The van der Waals surface area contributed by atoms with Crippen LogP contribution in [0, 0.1) is 5.92 Å². The molecule has 3 heteroatoms. The van der Waals surface area contributed by atoms with E-state index in [-0.39, 0.29) is 11.5 Å². The molecule has 1 saturated heterocycles. The predicted molar refractivity (Wildman–Crippen MR) is 77.8 cm³/mol. The maximum atomic E-state index is 12.8. The Morgan fingerprint density at radius 3 is 3.00 bits per heavy atom. The van der Waals surface area contributed by atoms with Crippen molar-refractivity contribution in [3.05, 3.63) is 29.6 Å².